The number of hydrogen-bond acceptors (Lipinski definition) is 13. The van der Waals surface area contributed by atoms with E-state index < -0.39 is 86.8 Å². The quantitative estimate of drug-likeness (QED) is 0.0204. The van der Waals surface area contributed by atoms with Crippen molar-refractivity contribution in [3.8, 4) is 0 Å². The second-order valence-corrected chi connectivity index (χ2v) is 25.0. The van der Waals surface area contributed by atoms with Gasteiger partial charge in [0.25, 0.3) is 0 Å². The predicted octanol–water partition coefficient (Wildman–Crippen LogP) is 14.8. The SMILES string of the molecule is CC/C=C\C/C=C\C/C=C\C/C=C\C/C=C\C/C=C\CCCCCCCCCCCCCCCCCCC(=O)NC(COC1OC(CO)C(OC2OC(CO)C(O)C(O)C2O)C(O)C1O)C(O)/C=C/CCCCCCCCCCCCCCCCCCC. The van der Waals surface area contributed by atoms with Crippen LogP contribution in [0, 0.1) is 0 Å². The highest BCUT2D eigenvalue weighted by molar-refractivity contribution is 5.76. The number of hydrogen-bond donors (Lipinski definition) is 9. The standard InChI is InChI=1S/C74H131NO13/c1-3-5-7-9-11-13-15-17-19-21-23-24-25-26-27-28-29-30-31-32-33-34-35-36-37-38-40-42-44-46-48-50-52-54-56-58-66(79)75-62(63(78)57-55-53-51-49-47-45-43-41-39-22-20-18-16-14-12-10-8-6-4-2)61-85-73-71(84)69(82)72(65(60-77)87-73)88-74-70(83)68(81)67(80)64(59-76)86-74/h5,7,11,13,17,19,23-24,26-27,29-30,55,57,62-65,67-74,76-78,80-84H,3-4,6,8-10,12,14-16,18,20-22,25,28,31-54,56,58-61H2,1-2H3,(H,75,79)/b7-5-,13-11-,19-17-,24-23-,27-26-,30-29-,57-55+. The van der Waals surface area contributed by atoms with Gasteiger partial charge in [0, 0.05) is 6.42 Å². The zero-order valence-electron chi connectivity index (χ0n) is 55.4. The van der Waals surface area contributed by atoms with Crippen LogP contribution in [-0.2, 0) is 23.7 Å². The Morgan fingerprint density at radius 3 is 1.20 bits per heavy atom. The number of ether oxygens (including phenoxy) is 4. The molecule has 510 valence electrons. The lowest BCUT2D eigenvalue weighted by atomic mass is 9.97. The summed E-state index contributed by atoms with van der Waals surface area (Å²) < 4.78 is 22.9. The van der Waals surface area contributed by atoms with Crippen molar-refractivity contribution in [3.63, 3.8) is 0 Å². The summed E-state index contributed by atoms with van der Waals surface area (Å²) in [5, 5.41) is 87.4. The normalized spacial score (nSPS) is 23.7. The monoisotopic (exact) mass is 1240 g/mol. The molecule has 88 heavy (non-hydrogen) atoms. The van der Waals surface area contributed by atoms with Gasteiger partial charge in [-0.05, 0) is 70.6 Å². The molecule has 14 heteroatoms. The van der Waals surface area contributed by atoms with Crippen LogP contribution in [0.1, 0.15) is 284 Å². The molecule has 2 aliphatic heterocycles. The molecule has 12 atom stereocenters. The molecule has 12 unspecified atom stereocenters. The van der Waals surface area contributed by atoms with E-state index in [1.54, 1.807) is 6.08 Å². The second-order valence-electron chi connectivity index (χ2n) is 25.0. The molecule has 0 aromatic rings. The second kappa shape index (κ2) is 58.0. The lowest BCUT2D eigenvalue weighted by molar-refractivity contribution is -0.359. The van der Waals surface area contributed by atoms with E-state index in [-0.39, 0.29) is 18.9 Å². The van der Waals surface area contributed by atoms with Gasteiger partial charge in [0.05, 0.1) is 32.0 Å². The van der Waals surface area contributed by atoms with Crippen molar-refractivity contribution in [1.29, 1.82) is 0 Å². The molecular formula is C74H131NO13. The molecule has 0 radical (unpaired) electrons. The van der Waals surface area contributed by atoms with E-state index in [4.69, 9.17) is 18.9 Å². The predicted molar refractivity (Wildman–Crippen MR) is 360 cm³/mol. The first-order valence-electron chi connectivity index (χ1n) is 35.8. The van der Waals surface area contributed by atoms with Gasteiger partial charge < -0.3 is 65.1 Å². The van der Waals surface area contributed by atoms with Crippen LogP contribution in [0.5, 0.6) is 0 Å². The molecule has 2 fully saturated rings. The molecule has 14 nitrogen and oxygen atoms in total. The Kier molecular flexibility index (Phi) is 53.6. The van der Waals surface area contributed by atoms with Crippen LogP contribution in [0.4, 0.5) is 0 Å². The summed E-state index contributed by atoms with van der Waals surface area (Å²) in [6, 6.07) is -0.918. The fourth-order valence-corrected chi connectivity index (χ4v) is 11.4. The summed E-state index contributed by atoms with van der Waals surface area (Å²) in [4.78, 5) is 13.3. The summed E-state index contributed by atoms with van der Waals surface area (Å²) in [7, 11) is 0. The molecule has 0 bridgehead atoms. The number of nitrogens with one attached hydrogen (secondary N) is 1. The molecular weight excluding hydrogens is 1110 g/mol. The van der Waals surface area contributed by atoms with Crippen molar-refractivity contribution >= 4 is 5.91 Å². The van der Waals surface area contributed by atoms with Gasteiger partial charge in [-0.25, -0.2) is 0 Å². The maximum absolute atomic E-state index is 13.3. The van der Waals surface area contributed by atoms with E-state index >= 15 is 0 Å². The molecule has 0 aromatic carbocycles. The third-order valence-corrected chi connectivity index (χ3v) is 17.1. The van der Waals surface area contributed by atoms with Gasteiger partial charge in [0.1, 0.15) is 48.8 Å². The Hall–Kier alpha value is -2.83. The van der Waals surface area contributed by atoms with Crippen LogP contribution < -0.4 is 5.32 Å². The van der Waals surface area contributed by atoms with Crippen LogP contribution in [0.15, 0.2) is 85.1 Å². The highest BCUT2D eigenvalue weighted by Gasteiger charge is 2.51. The average Bonchev–Trinajstić information content (AvgIpc) is 1.84. The zero-order valence-corrected chi connectivity index (χ0v) is 55.4. The van der Waals surface area contributed by atoms with Crippen LogP contribution in [0.3, 0.4) is 0 Å². The van der Waals surface area contributed by atoms with Crippen LogP contribution in [0.25, 0.3) is 0 Å². The molecule has 9 N–H and O–H groups in total. The Balaban J connectivity index is 1.64. The fourth-order valence-electron chi connectivity index (χ4n) is 11.4. The molecule has 0 spiro atoms. The van der Waals surface area contributed by atoms with E-state index in [9.17, 15) is 45.6 Å². The van der Waals surface area contributed by atoms with Crippen molar-refractivity contribution in [2.24, 2.45) is 0 Å². The molecule has 0 saturated carbocycles. The smallest absolute Gasteiger partial charge is 0.220 e. The molecule has 2 heterocycles. The maximum Gasteiger partial charge on any atom is 0.220 e. The van der Waals surface area contributed by atoms with Gasteiger partial charge in [-0.15, -0.1) is 0 Å². The number of rotatable bonds is 58. The van der Waals surface area contributed by atoms with Crippen LogP contribution in [-0.4, -0.2) is 140 Å². The Labute approximate surface area is 535 Å². The van der Waals surface area contributed by atoms with Gasteiger partial charge >= 0.3 is 0 Å². The van der Waals surface area contributed by atoms with E-state index in [1.165, 1.54) is 180 Å². The van der Waals surface area contributed by atoms with Crippen molar-refractivity contribution in [3.05, 3.63) is 85.1 Å². The molecule has 2 rings (SSSR count). The van der Waals surface area contributed by atoms with Gasteiger partial charge in [-0.3, -0.25) is 4.79 Å². The molecule has 1 amide bonds. The number of amides is 1. The highest BCUT2D eigenvalue weighted by Crippen LogP contribution is 2.30. The number of carbonyl (C=O) groups is 1. The molecule has 0 aliphatic carbocycles. The maximum atomic E-state index is 13.3. The van der Waals surface area contributed by atoms with E-state index in [2.05, 4.69) is 92.1 Å². The minimum absolute atomic E-state index is 0.238. The third kappa shape index (κ3) is 41.6. The van der Waals surface area contributed by atoms with Crippen molar-refractivity contribution in [1.82, 2.24) is 5.32 Å². The molecule has 2 saturated heterocycles. The average molecular weight is 1240 g/mol. The first-order chi connectivity index (χ1) is 43.1. The summed E-state index contributed by atoms with van der Waals surface area (Å²) in [6.07, 6.45) is 63.5. The van der Waals surface area contributed by atoms with Gasteiger partial charge in [-0.2, -0.15) is 0 Å². The van der Waals surface area contributed by atoms with E-state index in [1.807, 2.05) is 6.08 Å². The first-order valence-corrected chi connectivity index (χ1v) is 35.8. The van der Waals surface area contributed by atoms with Gasteiger partial charge in [0.2, 0.25) is 5.91 Å². The summed E-state index contributed by atoms with van der Waals surface area (Å²) in [5.41, 5.74) is 0. The number of aliphatic hydroxyl groups is 8. The Morgan fingerprint density at radius 1 is 0.420 bits per heavy atom. The van der Waals surface area contributed by atoms with E-state index in [0.29, 0.717) is 6.42 Å². The molecule has 0 aromatic heterocycles. The zero-order chi connectivity index (χ0) is 63.8. The number of carbonyl (C=O) groups excluding carboxylic acids is 1. The number of allylic oxidation sites excluding steroid dienone is 13. The molecule has 2 aliphatic rings. The largest absolute Gasteiger partial charge is 0.394 e. The fraction of sp³-hybridized carbons (Fsp3) is 0.797. The Bertz CT molecular complexity index is 1800. The Morgan fingerprint density at radius 2 is 0.784 bits per heavy atom. The first kappa shape index (κ1) is 81.3. The number of aliphatic hydroxyl groups excluding tert-OH is 8. The van der Waals surface area contributed by atoms with Crippen LogP contribution in [0.2, 0.25) is 0 Å². The topological polar surface area (TPSA) is 228 Å². The van der Waals surface area contributed by atoms with Crippen LogP contribution >= 0.6 is 0 Å². The minimum atomic E-state index is -1.79. The highest BCUT2D eigenvalue weighted by atomic mass is 16.7. The lowest BCUT2D eigenvalue weighted by Gasteiger charge is -2.46. The van der Waals surface area contributed by atoms with Gasteiger partial charge in [-0.1, -0.05) is 292 Å². The van der Waals surface area contributed by atoms with Gasteiger partial charge in [0.15, 0.2) is 12.6 Å². The van der Waals surface area contributed by atoms with Crippen molar-refractivity contribution in [2.75, 3.05) is 19.8 Å². The summed E-state index contributed by atoms with van der Waals surface area (Å²) in [5.74, 6) is -0.238. The number of unbranched alkanes of at least 4 members (excludes halogenated alkanes) is 33. The summed E-state index contributed by atoms with van der Waals surface area (Å²) in [6.45, 7) is 2.71. The lowest BCUT2D eigenvalue weighted by Crippen LogP contribution is -2.65. The van der Waals surface area contributed by atoms with Crippen molar-refractivity contribution in [2.45, 2.75) is 357 Å². The minimum Gasteiger partial charge on any atom is -0.394 e. The summed E-state index contributed by atoms with van der Waals surface area (Å²) >= 11 is 0. The van der Waals surface area contributed by atoms with Crippen molar-refractivity contribution < 1.29 is 64.6 Å². The van der Waals surface area contributed by atoms with E-state index in [0.717, 1.165) is 77.0 Å². The third-order valence-electron chi connectivity index (χ3n) is 17.1.